The van der Waals surface area contributed by atoms with E-state index < -0.39 is 0 Å². The molecule has 4 aromatic carbocycles. The molecule has 0 bridgehead atoms. The van der Waals surface area contributed by atoms with Gasteiger partial charge in [0.15, 0.2) is 6.20 Å². The fraction of sp³-hybridized carbons (Fsp3) is 0.207. The molecular formula is C29H26NO+. The van der Waals surface area contributed by atoms with Gasteiger partial charge in [-0.15, -0.1) is 0 Å². The monoisotopic (exact) mass is 404 g/mol. The van der Waals surface area contributed by atoms with Crippen LogP contribution in [0.15, 0.2) is 60.8 Å². The van der Waals surface area contributed by atoms with Crippen LogP contribution in [0.5, 0.6) is 11.5 Å². The number of hydrogen-bond acceptors (Lipinski definition) is 1. The number of ether oxygens (including phenoxy) is 1. The van der Waals surface area contributed by atoms with Crippen molar-refractivity contribution in [1.82, 2.24) is 0 Å². The van der Waals surface area contributed by atoms with E-state index in [9.17, 15) is 0 Å². The van der Waals surface area contributed by atoms with Gasteiger partial charge in [0.2, 0.25) is 5.69 Å². The summed E-state index contributed by atoms with van der Waals surface area (Å²) in [7, 11) is 2.15. The number of pyridine rings is 1. The van der Waals surface area contributed by atoms with E-state index in [1.165, 1.54) is 60.3 Å². The smallest absolute Gasteiger partial charge is 0.228 e. The molecule has 1 aliphatic heterocycles. The van der Waals surface area contributed by atoms with E-state index in [-0.39, 0.29) is 0 Å². The molecule has 0 aliphatic carbocycles. The molecule has 0 atom stereocenters. The van der Waals surface area contributed by atoms with Crippen LogP contribution in [-0.2, 0) is 7.05 Å². The van der Waals surface area contributed by atoms with Crippen molar-refractivity contribution in [2.75, 3.05) is 0 Å². The normalized spacial score (nSPS) is 12.6. The number of aromatic nitrogens is 1. The molecule has 0 N–H and O–H groups in total. The first-order valence-electron chi connectivity index (χ1n) is 11.0. The summed E-state index contributed by atoms with van der Waals surface area (Å²) in [6, 6.07) is 20.0. The lowest BCUT2D eigenvalue weighted by Gasteiger charge is -2.24. The molecular weight excluding hydrogens is 378 g/mol. The van der Waals surface area contributed by atoms with Crippen molar-refractivity contribution in [2.45, 2.75) is 33.6 Å². The highest BCUT2D eigenvalue weighted by Gasteiger charge is 2.32. The summed E-state index contributed by atoms with van der Waals surface area (Å²) < 4.78 is 8.95. The number of benzene rings is 4. The molecule has 2 heterocycles. The number of nitrogens with zero attached hydrogens (tertiary/aromatic N) is 1. The lowest BCUT2D eigenvalue weighted by atomic mass is 9.88. The summed E-state index contributed by atoms with van der Waals surface area (Å²) in [6.07, 6.45) is 2.20. The predicted molar refractivity (Wildman–Crippen MR) is 129 cm³/mol. The Balaban J connectivity index is 1.81. The summed E-state index contributed by atoms with van der Waals surface area (Å²) in [4.78, 5) is 0. The maximum Gasteiger partial charge on any atom is 0.228 e. The predicted octanol–water partition coefficient (Wildman–Crippen LogP) is 7.48. The lowest BCUT2D eigenvalue weighted by molar-refractivity contribution is -0.659. The van der Waals surface area contributed by atoms with E-state index >= 15 is 0 Å². The van der Waals surface area contributed by atoms with Gasteiger partial charge >= 0.3 is 0 Å². The highest BCUT2D eigenvalue weighted by molar-refractivity contribution is 6.16. The lowest BCUT2D eigenvalue weighted by Crippen LogP contribution is -2.32. The van der Waals surface area contributed by atoms with E-state index in [1.54, 1.807) is 0 Å². The average molecular weight is 405 g/mol. The van der Waals surface area contributed by atoms with Crippen molar-refractivity contribution in [3.63, 3.8) is 0 Å². The zero-order chi connectivity index (χ0) is 21.4. The summed E-state index contributed by atoms with van der Waals surface area (Å²) in [5.74, 6) is 2.45. The quantitative estimate of drug-likeness (QED) is 0.204. The van der Waals surface area contributed by atoms with Crippen molar-refractivity contribution >= 4 is 32.3 Å². The van der Waals surface area contributed by atoms with Crippen LogP contribution in [0, 0.1) is 13.8 Å². The topological polar surface area (TPSA) is 13.1 Å². The second-order valence-electron chi connectivity index (χ2n) is 9.18. The van der Waals surface area contributed by atoms with Gasteiger partial charge in [0.25, 0.3) is 0 Å². The second-order valence-corrected chi connectivity index (χ2v) is 9.18. The number of hydrogen-bond donors (Lipinski definition) is 0. The Morgan fingerprint density at radius 2 is 1.55 bits per heavy atom. The largest absolute Gasteiger partial charge is 0.455 e. The fourth-order valence-corrected chi connectivity index (χ4v) is 5.28. The van der Waals surface area contributed by atoms with Crippen molar-refractivity contribution in [2.24, 2.45) is 7.05 Å². The molecule has 0 fully saturated rings. The molecule has 1 aliphatic rings. The Bertz CT molecular complexity index is 1560. The summed E-state index contributed by atoms with van der Waals surface area (Å²) in [5.41, 5.74) is 6.32. The third kappa shape index (κ3) is 2.42. The molecule has 6 rings (SSSR count). The highest BCUT2D eigenvalue weighted by Crippen LogP contribution is 2.51. The van der Waals surface area contributed by atoms with Gasteiger partial charge in [0.05, 0.1) is 10.9 Å². The third-order valence-electron chi connectivity index (χ3n) is 7.02. The molecule has 2 heteroatoms. The SMILES string of the molecule is Cc1c2c(c(C)c3ccccc13)-c1c3c(cc4ccc(C(C)C)cc4c3cc[n+]1C)O2. The standard InChI is InChI=1S/C29H26NO/c1-16(2)19-10-11-20-15-25-27-23(24(20)14-19)12-13-30(5)28(27)26-17(3)21-8-6-7-9-22(21)18(4)29(26)31-25/h6-16H,1-5H3/q+1. The van der Waals surface area contributed by atoms with Crippen LogP contribution in [-0.4, -0.2) is 0 Å². The van der Waals surface area contributed by atoms with Crippen molar-refractivity contribution in [1.29, 1.82) is 0 Å². The van der Waals surface area contributed by atoms with Gasteiger partial charge in [-0.05, 0) is 58.5 Å². The number of rotatable bonds is 1. The maximum atomic E-state index is 6.70. The molecule has 0 unspecified atom stereocenters. The van der Waals surface area contributed by atoms with Crippen molar-refractivity contribution in [3.05, 3.63) is 77.5 Å². The Kier molecular flexibility index (Phi) is 3.74. The molecule has 0 saturated carbocycles. The minimum absolute atomic E-state index is 0.500. The van der Waals surface area contributed by atoms with Crippen LogP contribution in [0.1, 0.15) is 36.5 Å². The molecule has 1 aromatic heterocycles. The third-order valence-corrected chi connectivity index (χ3v) is 7.02. The Morgan fingerprint density at radius 1 is 0.806 bits per heavy atom. The fourth-order valence-electron chi connectivity index (χ4n) is 5.28. The number of aryl methyl sites for hydroxylation is 3. The van der Waals surface area contributed by atoms with Crippen LogP contribution >= 0.6 is 0 Å². The molecule has 2 nitrogen and oxygen atoms in total. The molecule has 31 heavy (non-hydrogen) atoms. The van der Waals surface area contributed by atoms with E-state index in [0.29, 0.717) is 5.92 Å². The molecule has 152 valence electrons. The molecule has 0 spiro atoms. The summed E-state index contributed by atoms with van der Waals surface area (Å²) >= 11 is 0. The van der Waals surface area contributed by atoms with Gasteiger partial charge in [0, 0.05) is 17.0 Å². The van der Waals surface area contributed by atoms with E-state index in [2.05, 4.69) is 100 Å². The molecule has 0 saturated heterocycles. The van der Waals surface area contributed by atoms with Crippen LogP contribution in [0.2, 0.25) is 0 Å². The van der Waals surface area contributed by atoms with Crippen LogP contribution in [0.25, 0.3) is 43.6 Å². The van der Waals surface area contributed by atoms with Gasteiger partial charge in [-0.25, -0.2) is 4.57 Å². The first-order chi connectivity index (χ1) is 15.0. The van der Waals surface area contributed by atoms with E-state index in [1.807, 2.05) is 0 Å². The molecule has 0 amide bonds. The minimum Gasteiger partial charge on any atom is -0.455 e. The molecule has 0 radical (unpaired) electrons. The van der Waals surface area contributed by atoms with Crippen LogP contribution in [0.4, 0.5) is 0 Å². The summed E-state index contributed by atoms with van der Waals surface area (Å²) in [5, 5.41) is 7.56. The van der Waals surface area contributed by atoms with Gasteiger partial charge in [0.1, 0.15) is 18.5 Å². The maximum absolute atomic E-state index is 6.70. The summed E-state index contributed by atoms with van der Waals surface area (Å²) in [6.45, 7) is 8.92. The average Bonchev–Trinajstić information content (AvgIpc) is 2.78. The van der Waals surface area contributed by atoms with E-state index in [4.69, 9.17) is 4.74 Å². The van der Waals surface area contributed by atoms with Gasteiger partial charge in [-0.2, -0.15) is 0 Å². The van der Waals surface area contributed by atoms with Crippen LogP contribution in [0.3, 0.4) is 0 Å². The van der Waals surface area contributed by atoms with Gasteiger partial charge in [-0.3, -0.25) is 0 Å². The Labute approximate surface area is 182 Å². The van der Waals surface area contributed by atoms with E-state index in [0.717, 1.165) is 11.5 Å². The van der Waals surface area contributed by atoms with Gasteiger partial charge in [-0.1, -0.05) is 56.3 Å². The highest BCUT2D eigenvalue weighted by atomic mass is 16.5. The minimum atomic E-state index is 0.500. The van der Waals surface area contributed by atoms with Crippen molar-refractivity contribution in [3.8, 4) is 22.8 Å². The second kappa shape index (κ2) is 6.31. The zero-order valence-corrected chi connectivity index (χ0v) is 18.7. The first kappa shape index (κ1) is 18.4. The van der Waals surface area contributed by atoms with Gasteiger partial charge < -0.3 is 4.74 Å². The van der Waals surface area contributed by atoms with Crippen LogP contribution < -0.4 is 9.30 Å². The van der Waals surface area contributed by atoms with Crippen molar-refractivity contribution < 1.29 is 9.30 Å². The number of fused-ring (bicyclic) bond motifs is 5. The Morgan fingerprint density at radius 3 is 2.29 bits per heavy atom. The Hall–Kier alpha value is -3.39. The first-order valence-corrected chi connectivity index (χ1v) is 11.0. The zero-order valence-electron chi connectivity index (χ0n) is 18.7. The molecule has 5 aromatic rings.